The molecule has 17 heavy (non-hydrogen) atoms. The molecule has 0 aliphatic heterocycles. The molecule has 0 heterocycles. The van der Waals surface area contributed by atoms with Crippen molar-refractivity contribution in [3.05, 3.63) is 29.6 Å². The first-order chi connectivity index (χ1) is 8.08. The summed E-state index contributed by atoms with van der Waals surface area (Å²) in [6.07, 6.45) is 2.24. The molecule has 0 saturated heterocycles. The number of thiocarbonyl (C=S) groups is 1. The van der Waals surface area contributed by atoms with Crippen LogP contribution < -0.4 is 11.1 Å². The smallest absolute Gasteiger partial charge is 0.135 e. The first-order valence-corrected chi connectivity index (χ1v) is 6.32. The standard InChI is InChI=1S/C13H19FN2S/c1-3-9(4-2)8-16-10-5-6-11(13(15)17)12(14)7-10/h5-7,9,16H,3-4,8H2,1-2H3,(H2,15,17). The van der Waals surface area contributed by atoms with Crippen LogP contribution in [-0.4, -0.2) is 11.5 Å². The first kappa shape index (κ1) is 13.9. The predicted molar refractivity (Wildman–Crippen MR) is 74.8 cm³/mol. The Labute approximate surface area is 107 Å². The van der Waals surface area contributed by atoms with E-state index in [2.05, 4.69) is 19.2 Å². The minimum atomic E-state index is -0.368. The van der Waals surface area contributed by atoms with Gasteiger partial charge in [-0.3, -0.25) is 0 Å². The molecule has 0 amide bonds. The highest BCUT2D eigenvalue weighted by atomic mass is 32.1. The van der Waals surface area contributed by atoms with Gasteiger partial charge in [0.1, 0.15) is 10.8 Å². The molecule has 4 heteroatoms. The van der Waals surface area contributed by atoms with Crippen molar-refractivity contribution < 1.29 is 4.39 Å². The molecule has 0 spiro atoms. The lowest BCUT2D eigenvalue weighted by Gasteiger charge is -2.14. The lowest BCUT2D eigenvalue weighted by molar-refractivity contribution is 0.519. The van der Waals surface area contributed by atoms with Crippen molar-refractivity contribution in [2.24, 2.45) is 11.7 Å². The summed E-state index contributed by atoms with van der Waals surface area (Å²) in [5.41, 5.74) is 6.47. The second-order valence-electron chi connectivity index (χ2n) is 4.12. The molecule has 0 aliphatic carbocycles. The molecule has 0 atom stereocenters. The summed E-state index contributed by atoms with van der Waals surface area (Å²) in [5, 5.41) is 3.23. The molecule has 0 aliphatic rings. The van der Waals surface area contributed by atoms with Crippen molar-refractivity contribution in [3.8, 4) is 0 Å². The number of nitrogens with two attached hydrogens (primary N) is 1. The zero-order chi connectivity index (χ0) is 12.8. The summed E-state index contributed by atoms with van der Waals surface area (Å²) in [5.74, 6) is 0.250. The Hall–Kier alpha value is -1.16. The maximum Gasteiger partial charge on any atom is 0.135 e. The van der Waals surface area contributed by atoms with Gasteiger partial charge in [0.15, 0.2) is 0 Å². The minimum Gasteiger partial charge on any atom is -0.389 e. The number of nitrogens with one attached hydrogen (secondary N) is 1. The summed E-state index contributed by atoms with van der Waals surface area (Å²) in [7, 11) is 0. The van der Waals surface area contributed by atoms with Gasteiger partial charge in [0, 0.05) is 17.8 Å². The van der Waals surface area contributed by atoms with Crippen molar-refractivity contribution >= 4 is 22.9 Å². The highest BCUT2D eigenvalue weighted by Gasteiger charge is 2.07. The molecule has 0 unspecified atom stereocenters. The lowest BCUT2D eigenvalue weighted by atomic mass is 10.0. The molecule has 3 N–H and O–H groups in total. The van der Waals surface area contributed by atoms with E-state index in [1.807, 2.05) is 0 Å². The molecule has 0 bridgehead atoms. The van der Waals surface area contributed by atoms with E-state index in [4.69, 9.17) is 18.0 Å². The van der Waals surface area contributed by atoms with Crippen LogP contribution in [0.25, 0.3) is 0 Å². The Kier molecular flexibility index (Phi) is 5.35. The molecule has 0 aromatic heterocycles. The molecule has 1 aromatic rings. The Bertz CT molecular complexity index is 389. The van der Waals surface area contributed by atoms with E-state index in [9.17, 15) is 4.39 Å². The van der Waals surface area contributed by atoms with Crippen LogP contribution in [-0.2, 0) is 0 Å². The van der Waals surface area contributed by atoms with Gasteiger partial charge < -0.3 is 11.1 Å². The lowest BCUT2D eigenvalue weighted by Crippen LogP contribution is -2.14. The van der Waals surface area contributed by atoms with E-state index in [0.717, 1.165) is 25.1 Å². The topological polar surface area (TPSA) is 38.0 Å². The van der Waals surface area contributed by atoms with Gasteiger partial charge in [-0.1, -0.05) is 38.9 Å². The van der Waals surface area contributed by atoms with Crippen LogP contribution >= 0.6 is 12.2 Å². The molecule has 0 radical (unpaired) electrons. The second kappa shape index (κ2) is 6.55. The van der Waals surface area contributed by atoms with Gasteiger partial charge in [-0.15, -0.1) is 0 Å². The normalized spacial score (nSPS) is 10.6. The fourth-order valence-corrected chi connectivity index (χ4v) is 1.83. The Morgan fingerprint density at radius 1 is 1.41 bits per heavy atom. The van der Waals surface area contributed by atoms with Gasteiger partial charge in [0.2, 0.25) is 0 Å². The summed E-state index contributed by atoms with van der Waals surface area (Å²) < 4.78 is 13.6. The average Bonchev–Trinajstić information content (AvgIpc) is 2.30. The van der Waals surface area contributed by atoms with E-state index in [1.54, 1.807) is 12.1 Å². The van der Waals surface area contributed by atoms with Crippen LogP contribution in [0.5, 0.6) is 0 Å². The molecule has 1 aromatic carbocycles. The predicted octanol–water partition coefficient (Wildman–Crippen LogP) is 3.31. The summed E-state index contributed by atoms with van der Waals surface area (Å²) in [4.78, 5) is 0.0917. The fourth-order valence-electron chi connectivity index (χ4n) is 1.66. The van der Waals surface area contributed by atoms with E-state index < -0.39 is 0 Å². The number of anilines is 1. The number of rotatable bonds is 6. The van der Waals surface area contributed by atoms with Crippen molar-refractivity contribution in [2.75, 3.05) is 11.9 Å². The zero-order valence-electron chi connectivity index (χ0n) is 10.3. The van der Waals surface area contributed by atoms with Crippen LogP contribution in [0.1, 0.15) is 32.3 Å². The minimum absolute atomic E-state index is 0.0917. The van der Waals surface area contributed by atoms with Crippen LogP contribution in [0.3, 0.4) is 0 Å². The van der Waals surface area contributed by atoms with Crippen LogP contribution in [0, 0.1) is 11.7 Å². The molecule has 2 nitrogen and oxygen atoms in total. The third-order valence-corrected chi connectivity index (χ3v) is 3.20. The van der Waals surface area contributed by atoms with Crippen LogP contribution in [0.2, 0.25) is 0 Å². The maximum atomic E-state index is 13.6. The Balaban J connectivity index is 2.67. The number of halogens is 1. The number of hydrogen-bond acceptors (Lipinski definition) is 2. The maximum absolute atomic E-state index is 13.6. The molecule has 1 rings (SSSR count). The van der Waals surface area contributed by atoms with Gasteiger partial charge in [-0.05, 0) is 24.1 Å². The fraction of sp³-hybridized carbons (Fsp3) is 0.462. The second-order valence-corrected chi connectivity index (χ2v) is 4.56. The van der Waals surface area contributed by atoms with Gasteiger partial charge >= 0.3 is 0 Å². The summed E-state index contributed by atoms with van der Waals surface area (Å²) in [6, 6.07) is 4.86. The van der Waals surface area contributed by atoms with Gasteiger partial charge in [0.05, 0.1) is 0 Å². The number of benzene rings is 1. The molecular weight excluding hydrogens is 235 g/mol. The van der Waals surface area contributed by atoms with E-state index in [1.165, 1.54) is 6.07 Å². The van der Waals surface area contributed by atoms with Crippen molar-refractivity contribution in [1.82, 2.24) is 0 Å². The van der Waals surface area contributed by atoms with Gasteiger partial charge in [-0.2, -0.15) is 0 Å². The van der Waals surface area contributed by atoms with E-state index in [-0.39, 0.29) is 10.8 Å². The quantitative estimate of drug-likeness (QED) is 0.765. The third kappa shape index (κ3) is 3.97. The zero-order valence-corrected chi connectivity index (χ0v) is 11.1. The monoisotopic (exact) mass is 254 g/mol. The van der Waals surface area contributed by atoms with Crippen molar-refractivity contribution in [2.45, 2.75) is 26.7 Å². The highest BCUT2D eigenvalue weighted by molar-refractivity contribution is 7.80. The third-order valence-electron chi connectivity index (χ3n) is 2.98. The van der Waals surface area contributed by atoms with E-state index >= 15 is 0 Å². The molecule has 0 saturated carbocycles. The van der Waals surface area contributed by atoms with Crippen molar-refractivity contribution in [1.29, 1.82) is 0 Å². The summed E-state index contributed by atoms with van der Waals surface area (Å²) >= 11 is 4.75. The van der Waals surface area contributed by atoms with Crippen LogP contribution in [0.15, 0.2) is 18.2 Å². The van der Waals surface area contributed by atoms with E-state index in [0.29, 0.717) is 11.5 Å². The summed E-state index contributed by atoms with van der Waals surface area (Å²) in [6.45, 7) is 5.18. The number of hydrogen-bond donors (Lipinski definition) is 2. The largest absolute Gasteiger partial charge is 0.389 e. The highest BCUT2D eigenvalue weighted by Crippen LogP contribution is 2.16. The van der Waals surface area contributed by atoms with Crippen LogP contribution in [0.4, 0.5) is 10.1 Å². The average molecular weight is 254 g/mol. The first-order valence-electron chi connectivity index (χ1n) is 5.91. The Morgan fingerprint density at radius 3 is 2.53 bits per heavy atom. The SMILES string of the molecule is CCC(CC)CNc1ccc(C(N)=S)c(F)c1. The molecule has 94 valence electrons. The molecule has 0 fully saturated rings. The van der Waals surface area contributed by atoms with Crippen molar-refractivity contribution in [3.63, 3.8) is 0 Å². The van der Waals surface area contributed by atoms with Gasteiger partial charge in [0.25, 0.3) is 0 Å². The van der Waals surface area contributed by atoms with Gasteiger partial charge in [-0.25, -0.2) is 4.39 Å². The Morgan fingerprint density at radius 2 is 2.06 bits per heavy atom. The molecular formula is C13H19FN2S.